The molecule has 2 aliphatic rings. The van der Waals surface area contributed by atoms with Gasteiger partial charge in [-0.05, 0) is 42.2 Å². The Kier molecular flexibility index (Phi) is 3.82. The Labute approximate surface area is 158 Å². The summed E-state index contributed by atoms with van der Waals surface area (Å²) in [5.41, 5.74) is 2.01. The summed E-state index contributed by atoms with van der Waals surface area (Å²) in [5, 5.41) is 2.01. The lowest BCUT2D eigenvalue weighted by molar-refractivity contribution is -0.122. The van der Waals surface area contributed by atoms with E-state index in [9.17, 15) is 9.59 Å². The van der Waals surface area contributed by atoms with Gasteiger partial charge in [0.25, 0.3) is 0 Å². The first-order valence-electron chi connectivity index (χ1n) is 9.64. The van der Waals surface area contributed by atoms with Crippen molar-refractivity contribution in [1.29, 1.82) is 0 Å². The van der Waals surface area contributed by atoms with Crippen molar-refractivity contribution < 1.29 is 9.59 Å². The molecule has 0 bridgehead atoms. The van der Waals surface area contributed by atoms with E-state index in [1.54, 1.807) is 0 Å². The Morgan fingerprint density at radius 3 is 2.26 bits per heavy atom. The molecule has 3 nitrogen and oxygen atoms in total. The van der Waals surface area contributed by atoms with Crippen molar-refractivity contribution in [2.75, 3.05) is 4.90 Å². The van der Waals surface area contributed by atoms with Gasteiger partial charge in [-0.2, -0.15) is 0 Å². The number of rotatable bonds is 2. The normalized spacial score (nSPS) is 25.0. The van der Waals surface area contributed by atoms with Gasteiger partial charge < -0.3 is 0 Å². The molecule has 5 rings (SSSR count). The van der Waals surface area contributed by atoms with Gasteiger partial charge in [-0.3, -0.25) is 9.59 Å². The number of hydrogen-bond acceptors (Lipinski definition) is 2. The molecule has 0 unspecified atom stereocenters. The minimum absolute atomic E-state index is 0.0205. The fraction of sp³-hybridized carbons (Fsp3) is 0.250. The van der Waals surface area contributed by atoms with Crippen LogP contribution in [0.4, 0.5) is 5.69 Å². The van der Waals surface area contributed by atoms with Crippen LogP contribution in [0.1, 0.15) is 30.7 Å². The lowest BCUT2D eigenvalue weighted by Crippen LogP contribution is -2.31. The van der Waals surface area contributed by atoms with Crippen molar-refractivity contribution in [2.24, 2.45) is 11.8 Å². The van der Waals surface area contributed by atoms with Crippen molar-refractivity contribution in [1.82, 2.24) is 0 Å². The molecule has 3 aromatic carbocycles. The van der Waals surface area contributed by atoms with Crippen LogP contribution < -0.4 is 4.90 Å². The highest BCUT2D eigenvalue weighted by Gasteiger charge is 2.50. The minimum atomic E-state index is -0.199. The monoisotopic (exact) mass is 355 g/mol. The fourth-order valence-electron chi connectivity index (χ4n) is 4.85. The zero-order valence-electron chi connectivity index (χ0n) is 15.0. The lowest BCUT2D eigenvalue weighted by atomic mass is 9.73. The molecule has 0 radical (unpaired) electrons. The van der Waals surface area contributed by atoms with Crippen molar-refractivity contribution in [3.8, 4) is 0 Å². The lowest BCUT2D eigenvalue weighted by Gasteiger charge is -2.28. The molecule has 3 aromatic rings. The van der Waals surface area contributed by atoms with E-state index in [1.165, 1.54) is 10.5 Å². The molecule has 134 valence electrons. The summed E-state index contributed by atoms with van der Waals surface area (Å²) in [6.07, 6.45) is 2.52. The molecule has 1 aliphatic heterocycles. The van der Waals surface area contributed by atoms with Gasteiger partial charge in [0, 0.05) is 5.39 Å². The predicted octanol–water partition coefficient (Wildman–Crippen LogP) is 4.91. The van der Waals surface area contributed by atoms with Crippen LogP contribution in [0.3, 0.4) is 0 Å². The molecule has 27 heavy (non-hydrogen) atoms. The maximum atomic E-state index is 13.3. The Hall–Kier alpha value is -2.94. The zero-order valence-corrected chi connectivity index (χ0v) is 15.0. The first-order valence-corrected chi connectivity index (χ1v) is 9.64. The molecule has 2 amide bonds. The Bertz CT molecular complexity index is 1020. The molecular formula is C24H21NO2. The summed E-state index contributed by atoms with van der Waals surface area (Å²) in [6, 6.07) is 24.1. The Morgan fingerprint density at radius 2 is 1.41 bits per heavy atom. The number of carbonyl (C=O) groups excluding carboxylic acids is 2. The number of hydrogen-bond donors (Lipinski definition) is 0. The van der Waals surface area contributed by atoms with Crippen molar-refractivity contribution >= 4 is 28.3 Å². The number of benzene rings is 3. The van der Waals surface area contributed by atoms with Crippen molar-refractivity contribution in [3.05, 3.63) is 78.4 Å². The first-order chi connectivity index (χ1) is 13.2. The van der Waals surface area contributed by atoms with Crippen LogP contribution in [0, 0.1) is 11.8 Å². The Morgan fingerprint density at radius 1 is 0.704 bits per heavy atom. The molecule has 2 fully saturated rings. The number of anilines is 1. The number of nitrogens with zero attached hydrogens (tertiary/aromatic N) is 1. The third-order valence-electron chi connectivity index (χ3n) is 6.20. The number of amides is 2. The summed E-state index contributed by atoms with van der Waals surface area (Å²) >= 11 is 0. The van der Waals surface area contributed by atoms with E-state index in [4.69, 9.17) is 0 Å². The van der Waals surface area contributed by atoms with Gasteiger partial charge in [-0.1, -0.05) is 66.7 Å². The van der Waals surface area contributed by atoms with Crippen LogP contribution in [0.25, 0.3) is 10.8 Å². The molecule has 0 spiro atoms. The highest BCUT2D eigenvalue weighted by Crippen LogP contribution is 2.46. The van der Waals surface area contributed by atoms with Gasteiger partial charge in [-0.15, -0.1) is 0 Å². The maximum Gasteiger partial charge on any atom is 0.237 e. The van der Waals surface area contributed by atoms with E-state index in [2.05, 4.69) is 12.1 Å². The smallest absolute Gasteiger partial charge is 0.237 e. The standard InChI is InChI=1S/C24H21NO2/c26-23-20-14-13-18(16-7-2-1-3-8-16)15-21(20)24(27)25(23)22-12-6-10-17-9-4-5-11-19(17)22/h1-12,18,20-21H,13-15H2/t18-,20+,21-/m0/s1. The first kappa shape index (κ1) is 16.2. The summed E-state index contributed by atoms with van der Waals surface area (Å²) in [4.78, 5) is 27.9. The number of fused-ring (bicyclic) bond motifs is 2. The summed E-state index contributed by atoms with van der Waals surface area (Å²) < 4.78 is 0. The van der Waals surface area contributed by atoms with Gasteiger partial charge in [-0.25, -0.2) is 4.90 Å². The predicted molar refractivity (Wildman–Crippen MR) is 106 cm³/mol. The van der Waals surface area contributed by atoms with Gasteiger partial charge in [0.2, 0.25) is 11.8 Å². The van der Waals surface area contributed by atoms with Crippen molar-refractivity contribution in [2.45, 2.75) is 25.2 Å². The van der Waals surface area contributed by atoms with Gasteiger partial charge in [0.05, 0.1) is 17.5 Å². The van der Waals surface area contributed by atoms with Crippen LogP contribution in [-0.4, -0.2) is 11.8 Å². The molecular weight excluding hydrogens is 334 g/mol. The summed E-state index contributed by atoms with van der Waals surface area (Å²) in [6.45, 7) is 0. The van der Waals surface area contributed by atoms with E-state index in [-0.39, 0.29) is 23.7 Å². The highest BCUT2D eigenvalue weighted by molar-refractivity contribution is 6.25. The van der Waals surface area contributed by atoms with E-state index in [0.717, 1.165) is 35.7 Å². The van der Waals surface area contributed by atoms with Crippen LogP contribution in [-0.2, 0) is 9.59 Å². The highest BCUT2D eigenvalue weighted by atomic mass is 16.2. The van der Waals surface area contributed by atoms with E-state index in [0.29, 0.717) is 5.92 Å². The quantitative estimate of drug-likeness (QED) is 0.612. The number of imide groups is 1. The minimum Gasteiger partial charge on any atom is -0.274 e. The zero-order chi connectivity index (χ0) is 18.4. The maximum absolute atomic E-state index is 13.3. The molecule has 0 N–H and O–H groups in total. The van der Waals surface area contributed by atoms with Crippen molar-refractivity contribution in [3.63, 3.8) is 0 Å². The van der Waals surface area contributed by atoms with Crippen LogP contribution in [0.2, 0.25) is 0 Å². The average Bonchev–Trinajstić information content (AvgIpc) is 2.98. The van der Waals surface area contributed by atoms with Crippen LogP contribution >= 0.6 is 0 Å². The third kappa shape index (κ3) is 2.57. The molecule has 1 saturated heterocycles. The second kappa shape index (κ2) is 6.34. The topological polar surface area (TPSA) is 37.4 Å². The average molecular weight is 355 g/mol. The second-order valence-electron chi connectivity index (χ2n) is 7.64. The van der Waals surface area contributed by atoms with Gasteiger partial charge in [0.15, 0.2) is 0 Å². The largest absolute Gasteiger partial charge is 0.274 e. The van der Waals surface area contributed by atoms with E-state index in [1.807, 2.05) is 60.7 Å². The van der Waals surface area contributed by atoms with E-state index < -0.39 is 0 Å². The fourth-order valence-corrected chi connectivity index (χ4v) is 4.85. The molecule has 3 atom stereocenters. The summed E-state index contributed by atoms with van der Waals surface area (Å²) in [7, 11) is 0. The number of carbonyl (C=O) groups is 2. The third-order valence-corrected chi connectivity index (χ3v) is 6.20. The van der Waals surface area contributed by atoms with Gasteiger partial charge >= 0.3 is 0 Å². The SMILES string of the molecule is O=C1[C@H]2C[C@@H](c3ccccc3)CC[C@H]2C(=O)N1c1cccc2ccccc12. The Balaban J connectivity index is 1.50. The molecule has 0 aromatic heterocycles. The molecule has 3 heteroatoms. The molecule has 1 heterocycles. The van der Waals surface area contributed by atoms with E-state index >= 15 is 0 Å². The van der Waals surface area contributed by atoms with Crippen LogP contribution in [0.15, 0.2) is 72.8 Å². The second-order valence-corrected chi connectivity index (χ2v) is 7.64. The van der Waals surface area contributed by atoms with Gasteiger partial charge in [0.1, 0.15) is 0 Å². The molecule has 1 saturated carbocycles. The van der Waals surface area contributed by atoms with Crippen LogP contribution in [0.5, 0.6) is 0 Å². The summed E-state index contributed by atoms with van der Waals surface area (Å²) in [5.74, 6) is -0.0571. The molecule has 1 aliphatic carbocycles.